The maximum Gasteiger partial charge on any atom is 0.411 e. The van der Waals surface area contributed by atoms with Crippen LogP contribution >= 0.6 is 0 Å². The first-order valence-electron chi connectivity index (χ1n) is 7.07. The summed E-state index contributed by atoms with van der Waals surface area (Å²) in [5.41, 5.74) is -1.09. The van der Waals surface area contributed by atoms with E-state index in [1.165, 1.54) is 4.90 Å². The first-order chi connectivity index (χ1) is 9.19. The van der Waals surface area contributed by atoms with Crippen molar-refractivity contribution in [3.8, 4) is 0 Å². The number of amides is 1. The summed E-state index contributed by atoms with van der Waals surface area (Å²) in [4.78, 5) is 25.0. The highest BCUT2D eigenvalue weighted by atomic mass is 16.6. The fraction of sp³-hybridized carbons (Fsp3) is 0.857. The van der Waals surface area contributed by atoms with Crippen LogP contribution in [0.5, 0.6) is 0 Å². The van der Waals surface area contributed by atoms with Crippen molar-refractivity contribution in [2.75, 3.05) is 13.1 Å². The summed E-state index contributed by atoms with van der Waals surface area (Å²) in [5.74, 6) is -0.428. The fourth-order valence-electron chi connectivity index (χ4n) is 2.73. The van der Waals surface area contributed by atoms with Crippen LogP contribution in [0.3, 0.4) is 0 Å². The van der Waals surface area contributed by atoms with Crippen LogP contribution in [0.25, 0.3) is 0 Å². The predicted octanol–water partition coefficient (Wildman–Crippen LogP) is 1.45. The lowest BCUT2D eigenvalue weighted by Gasteiger charge is -2.33. The van der Waals surface area contributed by atoms with Gasteiger partial charge in [-0.05, 0) is 46.5 Å². The minimum Gasteiger partial charge on any atom is -0.459 e. The summed E-state index contributed by atoms with van der Waals surface area (Å²) >= 11 is 0. The van der Waals surface area contributed by atoms with Crippen LogP contribution in [-0.4, -0.2) is 52.5 Å². The summed E-state index contributed by atoms with van der Waals surface area (Å²) in [6.07, 6.45) is 1.78. The molecular formula is C14H23NO5. The maximum absolute atomic E-state index is 11.9. The van der Waals surface area contributed by atoms with E-state index in [-0.39, 0.29) is 12.6 Å². The molecule has 0 atom stereocenters. The molecule has 114 valence electrons. The van der Waals surface area contributed by atoms with Gasteiger partial charge in [-0.3, -0.25) is 9.69 Å². The molecule has 6 heteroatoms. The van der Waals surface area contributed by atoms with Gasteiger partial charge in [0.25, 0.3) is 0 Å². The third-order valence-corrected chi connectivity index (χ3v) is 3.65. The van der Waals surface area contributed by atoms with Crippen molar-refractivity contribution >= 4 is 12.1 Å². The van der Waals surface area contributed by atoms with Crippen LogP contribution in [0.2, 0.25) is 0 Å². The Morgan fingerprint density at radius 1 is 1.45 bits per heavy atom. The molecule has 0 aromatic rings. The highest BCUT2D eigenvalue weighted by molar-refractivity contribution is 5.79. The van der Waals surface area contributed by atoms with E-state index in [0.717, 1.165) is 0 Å². The van der Waals surface area contributed by atoms with E-state index in [1.807, 2.05) is 0 Å². The molecular weight excluding hydrogens is 262 g/mol. The Morgan fingerprint density at radius 3 is 2.60 bits per heavy atom. The topological polar surface area (TPSA) is 76.1 Å². The number of esters is 1. The second-order valence-corrected chi connectivity index (χ2v) is 6.72. The monoisotopic (exact) mass is 285 g/mol. The van der Waals surface area contributed by atoms with Crippen LogP contribution in [0, 0.1) is 0 Å². The molecule has 6 nitrogen and oxygen atoms in total. The zero-order valence-corrected chi connectivity index (χ0v) is 12.3. The quantitative estimate of drug-likeness (QED) is 0.777. The lowest BCUT2D eigenvalue weighted by Crippen LogP contribution is -2.41. The van der Waals surface area contributed by atoms with Gasteiger partial charge in [-0.25, -0.2) is 4.79 Å². The van der Waals surface area contributed by atoms with E-state index >= 15 is 0 Å². The molecule has 1 N–H and O–H groups in total. The van der Waals surface area contributed by atoms with Crippen molar-refractivity contribution in [1.29, 1.82) is 0 Å². The summed E-state index contributed by atoms with van der Waals surface area (Å²) in [6.45, 7) is 5.68. The number of nitrogens with zero attached hydrogens (tertiary/aromatic N) is 1. The molecule has 1 heterocycles. The van der Waals surface area contributed by atoms with Gasteiger partial charge in [0.1, 0.15) is 17.7 Å². The second kappa shape index (κ2) is 5.24. The van der Waals surface area contributed by atoms with Gasteiger partial charge >= 0.3 is 12.1 Å². The highest BCUT2D eigenvalue weighted by Crippen LogP contribution is 2.37. The molecule has 0 unspecified atom stereocenters. The van der Waals surface area contributed by atoms with Gasteiger partial charge in [0, 0.05) is 0 Å². The lowest BCUT2D eigenvalue weighted by atomic mass is 9.83. The van der Waals surface area contributed by atoms with Crippen LogP contribution in [0.15, 0.2) is 0 Å². The Labute approximate surface area is 119 Å². The average Bonchev–Trinajstić information content (AvgIpc) is 2.58. The molecule has 20 heavy (non-hydrogen) atoms. The van der Waals surface area contributed by atoms with Crippen molar-refractivity contribution in [2.45, 2.75) is 63.8 Å². The Bertz CT molecular complexity index is 393. The number of ether oxygens (including phenoxy) is 2. The van der Waals surface area contributed by atoms with Gasteiger partial charge in [-0.1, -0.05) is 0 Å². The van der Waals surface area contributed by atoms with E-state index in [9.17, 15) is 14.7 Å². The summed E-state index contributed by atoms with van der Waals surface area (Å²) in [5, 5.41) is 9.53. The normalized spacial score (nSPS) is 30.5. The SMILES string of the molecule is CC(C)(C)OC(=O)CN1CC2(CCC(O)CC2)OC1=O. The van der Waals surface area contributed by atoms with Crippen molar-refractivity contribution in [3.05, 3.63) is 0 Å². The molecule has 1 amide bonds. The van der Waals surface area contributed by atoms with E-state index in [4.69, 9.17) is 9.47 Å². The van der Waals surface area contributed by atoms with Gasteiger partial charge in [0.2, 0.25) is 0 Å². The number of carbonyl (C=O) groups is 2. The van der Waals surface area contributed by atoms with E-state index in [0.29, 0.717) is 32.2 Å². The molecule has 1 aliphatic heterocycles. The van der Waals surface area contributed by atoms with Gasteiger partial charge in [-0.2, -0.15) is 0 Å². The number of rotatable bonds is 2. The second-order valence-electron chi connectivity index (χ2n) is 6.72. The number of aliphatic hydroxyl groups excluding tert-OH is 1. The molecule has 2 aliphatic rings. The molecule has 0 aromatic heterocycles. The minimum absolute atomic E-state index is 0.0829. The molecule has 2 fully saturated rings. The Balaban J connectivity index is 1.91. The predicted molar refractivity (Wildman–Crippen MR) is 71.1 cm³/mol. The Kier molecular flexibility index (Phi) is 3.95. The van der Waals surface area contributed by atoms with Crippen LogP contribution in [0.4, 0.5) is 4.79 Å². The third-order valence-electron chi connectivity index (χ3n) is 3.65. The maximum atomic E-state index is 11.9. The number of hydrogen-bond donors (Lipinski definition) is 1. The number of aliphatic hydroxyl groups is 1. The molecule has 2 rings (SSSR count). The van der Waals surface area contributed by atoms with E-state index in [2.05, 4.69) is 0 Å². The fourth-order valence-corrected chi connectivity index (χ4v) is 2.73. The van der Waals surface area contributed by atoms with Crippen molar-refractivity contribution in [3.63, 3.8) is 0 Å². The summed E-state index contributed by atoms with van der Waals surface area (Å²) in [7, 11) is 0. The standard InChI is InChI=1S/C14H23NO5/c1-13(2,3)19-11(17)8-15-9-14(20-12(15)18)6-4-10(16)5-7-14/h10,16H,4-9H2,1-3H3. The Morgan fingerprint density at radius 2 is 2.05 bits per heavy atom. The first-order valence-corrected chi connectivity index (χ1v) is 7.07. The molecule has 1 aliphatic carbocycles. The summed E-state index contributed by atoms with van der Waals surface area (Å²) in [6, 6.07) is 0. The zero-order chi connectivity index (χ0) is 15.0. The average molecular weight is 285 g/mol. The molecule has 0 bridgehead atoms. The van der Waals surface area contributed by atoms with Gasteiger partial charge in [0.05, 0.1) is 12.6 Å². The number of hydrogen-bond acceptors (Lipinski definition) is 5. The smallest absolute Gasteiger partial charge is 0.411 e. The summed E-state index contributed by atoms with van der Waals surface area (Å²) < 4.78 is 10.7. The van der Waals surface area contributed by atoms with Crippen molar-refractivity contribution in [1.82, 2.24) is 4.90 Å². The van der Waals surface area contributed by atoms with Crippen LogP contribution < -0.4 is 0 Å². The van der Waals surface area contributed by atoms with Gasteiger partial charge < -0.3 is 14.6 Å². The van der Waals surface area contributed by atoms with E-state index < -0.39 is 23.3 Å². The van der Waals surface area contributed by atoms with Crippen LogP contribution in [-0.2, 0) is 14.3 Å². The largest absolute Gasteiger partial charge is 0.459 e. The highest BCUT2D eigenvalue weighted by Gasteiger charge is 2.47. The lowest BCUT2D eigenvalue weighted by molar-refractivity contribution is -0.155. The zero-order valence-electron chi connectivity index (χ0n) is 12.3. The van der Waals surface area contributed by atoms with Gasteiger partial charge in [0.15, 0.2) is 0 Å². The van der Waals surface area contributed by atoms with Gasteiger partial charge in [-0.15, -0.1) is 0 Å². The molecule has 0 aromatic carbocycles. The minimum atomic E-state index is -0.562. The van der Waals surface area contributed by atoms with E-state index in [1.54, 1.807) is 20.8 Å². The van der Waals surface area contributed by atoms with Crippen molar-refractivity contribution < 1.29 is 24.2 Å². The van der Waals surface area contributed by atoms with Crippen molar-refractivity contribution in [2.24, 2.45) is 0 Å². The molecule has 1 spiro atoms. The molecule has 1 saturated heterocycles. The first kappa shape index (κ1) is 15.1. The molecule has 1 saturated carbocycles. The Hall–Kier alpha value is -1.30. The molecule has 0 radical (unpaired) electrons. The van der Waals surface area contributed by atoms with Crippen LogP contribution in [0.1, 0.15) is 46.5 Å². The third kappa shape index (κ3) is 3.62. The number of carbonyl (C=O) groups excluding carboxylic acids is 2.